The van der Waals surface area contributed by atoms with Gasteiger partial charge in [-0.05, 0) is 76.6 Å². The van der Waals surface area contributed by atoms with Gasteiger partial charge in [-0.1, -0.05) is 42.0 Å². The number of carboxylic acids is 2. The summed E-state index contributed by atoms with van der Waals surface area (Å²) in [4.78, 5) is 35.5. The smallest absolute Gasteiger partial charge is 0.408 e. The van der Waals surface area contributed by atoms with Crippen molar-refractivity contribution in [2.45, 2.75) is 69.9 Å². The zero-order chi connectivity index (χ0) is 28.5. The summed E-state index contributed by atoms with van der Waals surface area (Å²) in [6.07, 6.45) is -0.189. The number of aliphatic carboxylic acids is 2. The first kappa shape index (κ1) is 30.8. The number of hydrogen-bond acceptors (Lipinski definition) is 7. The fourth-order valence-corrected chi connectivity index (χ4v) is 4.51. The Morgan fingerprint density at radius 1 is 0.921 bits per heavy atom. The first-order valence-electron chi connectivity index (χ1n) is 12.2. The van der Waals surface area contributed by atoms with Crippen LogP contribution in [0.15, 0.2) is 53.4 Å². The van der Waals surface area contributed by atoms with Crippen molar-refractivity contribution in [3.05, 3.63) is 65.2 Å². The fourth-order valence-electron chi connectivity index (χ4n) is 3.57. The first-order chi connectivity index (χ1) is 17.7. The van der Waals surface area contributed by atoms with Crippen LogP contribution < -0.4 is 5.32 Å². The standard InChI is InChI=1S/C27H35NO9S/c1-18-7-13-22(14-8-18)38(34,35)36-15-5-6-19-9-11-20(12-10-19)16-21(24(29)30)17-23(25(31)32)28-26(33)37-27(2,3)4/h7-14,21,23H,5-6,15-17H2,1-4H3,(H,28,33)(H,29,30)(H,31,32)/t21-,23-/m0/s1. The summed E-state index contributed by atoms with van der Waals surface area (Å²) >= 11 is 0. The summed E-state index contributed by atoms with van der Waals surface area (Å²) in [5.41, 5.74) is 1.71. The molecule has 0 aliphatic heterocycles. The van der Waals surface area contributed by atoms with E-state index in [2.05, 4.69) is 5.32 Å². The molecule has 208 valence electrons. The summed E-state index contributed by atoms with van der Waals surface area (Å²) < 4.78 is 34.7. The van der Waals surface area contributed by atoms with Crippen molar-refractivity contribution in [3.8, 4) is 0 Å². The molecule has 38 heavy (non-hydrogen) atoms. The second-order valence-corrected chi connectivity index (χ2v) is 11.6. The highest BCUT2D eigenvalue weighted by atomic mass is 32.2. The highest BCUT2D eigenvalue weighted by molar-refractivity contribution is 7.86. The quantitative estimate of drug-likeness (QED) is 0.249. The third-order valence-corrected chi connectivity index (χ3v) is 6.85. The number of carboxylic acid groups (broad SMARTS) is 2. The van der Waals surface area contributed by atoms with E-state index in [1.807, 2.05) is 6.92 Å². The Morgan fingerprint density at radius 2 is 1.50 bits per heavy atom. The van der Waals surface area contributed by atoms with Crippen molar-refractivity contribution in [1.29, 1.82) is 0 Å². The summed E-state index contributed by atoms with van der Waals surface area (Å²) in [6.45, 7) is 6.77. The summed E-state index contributed by atoms with van der Waals surface area (Å²) in [5.74, 6) is -3.60. The summed E-state index contributed by atoms with van der Waals surface area (Å²) in [7, 11) is -3.82. The van der Waals surface area contributed by atoms with Gasteiger partial charge in [-0.3, -0.25) is 8.98 Å². The van der Waals surface area contributed by atoms with Crippen LogP contribution in [0, 0.1) is 12.8 Å². The van der Waals surface area contributed by atoms with Crippen LogP contribution in [0.4, 0.5) is 4.79 Å². The number of alkyl carbamates (subject to hydrolysis) is 1. The minimum Gasteiger partial charge on any atom is -0.481 e. The molecule has 1 amide bonds. The van der Waals surface area contributed by atoms with Crippen molar-refractivity contribution in [2.24, 2.45) is 5.92 Å². The van der Waals surface area contributed by atoms with Crippen molar-refractivity contribution >= 4 is 28.1 Å². The lowest BCUT2D eigenvalue weighted by Crippen LogP contribution is -2.45. The third-order valence-electron chi connectivity index (χ3n) is 5.52. The number of rotatable bonds is 13. The van der Waals surface area contributed by atoms with E-state index in [0.29, 0.717) is 18.4 Å². The molecule has 0 unspecified atom stereocenters. The van der Waals surface area contributed by atoms with Crippen LogP contribution >= 0.6 is 0 Å². The van der Waals surface area contributed by atoms with E-state index in [1.54, 1.807) is 57.2 Å². The molecule has 0 aromatic heterocycles. The Labute approximate surface area is 223 Å². The zero-order valence-electron chi connectivity index (χ0n) is 22.0. The summed E-state index contributed by atoms with van der Waals surface area (Å²) in [5, 5.41) is 21.3. The van der Waals surface area contributed by atoms with Crippen LogP contribution in [0.2, 0.25) is 0 Å². The molecular weight excluding hydrogens is 514 g/mol. The predicted molar refractivity (Wildman–Crippen MR) is 139 cm³/mol. The molecule has 0 bridgehead atoms. The number of aryl methyl sites for hydroxylation is 2. The third kappa shape index (κ3) is 10.5. The van der Waals surface area contributed by atoms with Gasteiger partial charge in [-0.25, -0.2) is 9.59 Å². The van der Waals surface area contributed by atoms with Crippen LogP contribution in [0.1, 0.15) is 50.3 Å². The van der Waals surface area contributed by atoms with Gasteiger partial charge >= 0.3 is 18.0 Å². The lowest BCUT2D eigenvalue weighted by Gasteiger charge is -2.23. The maximum absolute atomic E-state index is 12.3. The molecule has 3 N–H and O–H groups in total. The van der Waals surface area contributed by atoms with Crippen LogP contribution in [0.25, 0.3) is 0 Å². The molecule has 10 nitrogen and oxygen atoms in total. The number of carbonyl (C=O) groups excluding carboxylic acids is 1. The van der Waals surface area contributed by atoms with Gasteiger partial charge in [0.15, 0.2) is 0 Å². The number of amides is 1. The van der Waals surface area contributed by atoms with Gasteiger partial charge in [-0.15, -0.1) is 0 Å². The second kappa shape index (κ2) is 13.4. The van der Waals surface area contributed by atoms with Crippen molar-refractivity contribution < 1.29 is 41.9 Å². The van der Waals surface area contributed by atoms with Crippen LogP contribution in [0.5, 0.6) is 0 Å². The predicted octanol–water partition coefficient (Wildman–Crippen LogP) is 3.94. The molecule has 11 heteroatoms. The Balaban J connectivity index is 1.90. The molecule has 0 aliphatic carbocycles. The van der Waals surface area contributed by atoms with Crippen LogP contribution in [0.3, 0.4) is 0 Å². The average molecular weight is 550 g/mol. The Morgan fingerprint density at radius 3 is 2.03 bits per heavy atom. The second-order valence-electron chi connectivity index (χ2n) is 10.0. The monoisotopic (exact) mass is 549 g/mol. The van der Waals surface area contributed by atoms with Crippen LogP contribution in [-0.4, -0.2) is 54.9 Å². The molecule has 0 heterocycles. The number of carbonyl (C=O) groups is 3. The molecule has 2 atom stereocenters. The van der Waals surface area contributed by atoms with Gasteiger partial charge in [0.05, 0.1) is 17.4 Å². The van der Waals surface area contributed by atoms with Gasteiger partial charge in [0.1, 0.15) is 11.6 Å². The van der Waals surface area contributed by atoms with Gasteiger partial charge in [0.25, 0.3) is 10.1 Å². The maximum Gasteiger partial charge on any atom is 0.408 e. The molecule has 0 spiro atoms. The van der Waals surface area contributed by atoms with E-state index in [9.17, 15) is 33.0 Å². The molecule has 2 rings (SSSR count). The molecule has 0 aliphatic rings. The Kier molecular flexibility index (Phi) is 10.8. The molecule has 0 saturated carbocycles. The molecule has 0 saturated heterocycles. The Hall–Kier alpha value is -3.44. The highest BCUT2D eigenvalue weighted by Gasteiger charge is 2.30. The van der Waals surface area contributed by atoms with Crippen molar-refractivity contribution in [1.82, 2.24) is 5.32 Å². The maximum atomic E-state index is 12.3. The van der Waals surface area contributed by atoms with E-state index >= 15 is 0 Å². The largest absolute Gasteiger partial charge is 0.481 e. The normalized spacial score (nSPS) is 13.4. The zero-order valence-corrected chi connectivity index (χ0v) is 22.8. The minimum absolute atomic E-state index is 0.0142. The van der Waals surface area contributed by atoms with E-state index in [4.69, 9.17) is 8.92 Å². The molecule has 2 aromatic rings. The lowest BCUT2D eigenvalue weighted by atomic mass is 9.92. The number of ether oxygens (including phenoxy) is 1. The molecule has 0 fully saturated rings. The van der Waals surface area contributed by atoms with Gasteiger partial charge in [0.2, 0.25) is 0 Å². The lowest BCUT2D eigenvalue weighted by molar-refractivity contribution is -0.144. The van der Waals surface area contributed by atoms with Crippen molar-refractivity contribution in [3.63, 3.8) is 0 Å². The van der Waals surface area contributed by atoms with Gasteiger partial charge in [-0.2, -0.15) is 8.42 Å². The van der Waals surface area contributed by atoms with E-state index in [0.717, 1.165) is 11.1 Å². The number of hydrogen-bond donors (Lipinski definition) is 3. The van der Waals surface area contributed by atoms with E-state index < -0.39 is 45.7 Å². The molecular formula is C27H35NO9S. The molecule has 2 aromatic carbocycles. The van der Waals surface area contributed by atoms with E-state index in [1.165, 1.54) is 12.1 Å². The molecule has 0 radical (unpaired) electrons. The Bertz CT molecular complexity index is 1200. The summed E-state index contributed by atoms with van der Waals surface area (Å²) in [6, 6.07) is 12.1. The number of benzene rings is 2. The minimum atomic E-state index is -3.82. The van der Waals surface area contributed by atoms with Gasteiger partial charge in [0, 0.05) is 0 Å². The average Bonchev–Trinajstić information content (AvgIpc) is 2.80. The first-order valence-corrected chi connectivity index (χ1v) is 13.6. The van der Waals surface area contributed by atoms with E-state index in [-0.39, 0.29) is 24.3 Å². The highest BCUT2D eigenvalue weighted by Crippen LogP contribution is 2.18. The topological polar surface area (TPSA) is 156 Å². The number of nitrogens with one attached hydrogen (secondary N) is 1. The SMILES string of the molecule is Cc1ccc(S(=O)(=O)OCCCc2ccc(C[C@@H](C[C@H](NC(=O)OC(C)(C)C)C(=O)O)C(=O)O)cc2)cc1. The van der Waals surface area contributed by atoms with Crippen molar-refractivity contribution in [2.75, 3.05) is 6.61 Å². The fraction of sp³-hybridized carbons (Fsp3) is 0.444. The van der Waals surface area contributed by atoms with Crippen LogP contribution in [-0.2, 0) is 41.5 Å². The van der Waals surface area contributed by atoms with Gasteiger partial charge < -0.3 is 20.3 Å².